The molecule has 0 bridgehead atoms. The van der Waals surface area contributed by atoms with Gasteiger partial charge in [0.2, 0.25) is 0 Å². The van der Waals surface area contributed by atoms with Crippen LogP contribution in [0, 0.1) is 5.82 Å². The molecule has 2 N–H and O–H groups in total. The van der Waals surface area contributed by atoms with E-state index in [2.05, 4.69) is 5.48 Å². The molecular formula is C9H10FNO. The number of hydrogen-bond acceptors (Lipinski definition) is 2. The molecule has 64 valence electrons. The first-order valence-corrected chi connectivity index (χ1v) is 3.99. The molecule has 0 spiro atoms. The summed E-state index contributed by atoms with van der Waals surface area (Å²) in [6, 6.07) is 4.67. The predicted octanol–water partition coefficient (Wildman–Crippen LogP) is 1.79. The average Bonchev–Trinajstić information content (AvgIpc) is 2.46. The number of nitrogens with one attached hydrogen (secondary N) is 1. The minimum atomic E-state index is -0.202. The van der Waals surface area contributed by atoms with Gasteiger partial charge >= 0.3 is 0 Å². The first-order chi connectivity index (χ1) is 5.81. The summed E-state index contributed by atoms with van der Waals surface area (Å²) in [7, 11) is 0. The normalized spacial score (nSPS) is 21.0. The van der Waals surface area contributed by atoms with Gasteiger partial charge in [0.1, 0.15) is 5.82 Å². The van der Waals surface area contributed by atoms with Crippen LogP contribution in [0.1, 0.15) is 23.6 Å². The van der Waals surface area contributed by atoms with Gasteiger partial charge in [-0.05, 0) is 36.1 Å². The maximum absolute atomic E-state index is 12.7. The molecule has 0 saturated heterocycles. The van der Waals surface area contributed by atoms with E-state index in [1.807, 2.05) is 0 Å². The Kier molecular flexibility index (Phi) is 1.83. The largest absolute Gasteiger partial charge is 0.316 e. The first-order valence-electron chi connectivity index (χ1n) is 3.99. The van der Waals surface area contributed by atoms with Crippen molar-refractivity contribution in [2.24, 2.45) is 0 Å². The monoisotopic (exact) mass is 167 g/mol. The van der Waals surface area contributed by atoms with Crippen LogP contribution in [-0.4, -0.2) is 5.21 Å². The summed E-state index contributed by atoms with van der Waals surface area (Å²) in [6.07, 6.45) is 1.68. The van der Waals surface area contributed by atoms with Crippen molar-refractivity contribution in [1.82, 2.24) is 5.48 Å². The Labute approximate surface area is 70.0 Å². The highest BCUT2D eigenvalue weighted by Crippen LogP contribution is 2.30. The van der Waals surface area contributed by atoms with Crippen LogP contribution >= 0.6 is 0 Å². The average molecular weight is 167 g/mol. The minimum absolute atomic E-state index is 0.0133. The van der Waals surface area contributed by atoms with E-state index in [9.17, 15) is 4.39 Å². The van der Waals surface area contributed by atoms with Gasteiger partial charge < -0.3 is 5.21 Å². The molecule has 0 heterocycles. The molecule has 1 aliphatic rings. The van der Waals surface area contributed by atoms with E-state index in [0.717, 1.165) is 24.0 Å². The van der Waals surface area contributed by atoms with Crippen molar-refractivity contribution in [1.29, 1.82) is 0 Å². The lowest BCUT2D eigenvalue weighted by Crippen LogP contribution is -2.13. The molecular weight excluding hydrogens is 157 g/mol. The van der Waals surface area contributed by atoms with E-state index >= 15 is 0 Å². The molecule has 1 aromatic rings. The molecule has 0 radical (unpaired) electrons. The first kappa shape index (κ1) is 7.71. The summed E-state index contributed by atoms with van der Waals surface area (Å²) in [6.45, 7) is 0. The quantitative estimate of drug-likeness (QED) is 0.625. The van der Waals surface area contributed by atoms with Gasteiger partial charge in [0.05, 0.1) is 6.04 Å². The standard InChI is InChI=1S/C9H10FNO/c10-7-2-3-8-6(5-7)1-4-9(8)11-12/h2-3,5,9,11-12H,1,4H2. The van der Waals surface area contributed by atoms with Gasteiger partial charge in [0, 0.05) is 0 Å². The number of halogens is 1. The molecule has 0 aromatic heterocycles. The van der Waals surface area contributed by atoms with E-state index in [1.54, 1.807) is 6.07 Å². The molecule has 2 rings (SSSR count). The van der Waals surface area contributed by atoms with Crippen LogP contribution in [0.4, 0.5) is 4.39 Å². The molecule has 1 atom stereocenters. The van der Waals surface area contributed by atoms with Gasteiger partial charge in [-0.15, -0.1) is 0 Å². The van der Waals surface area contributed by atoms with Crippen LogP contribution in [0.2, 0.25) is 0 Å². The maximum Gasteiger partial charge on any atom is 0.123 e. The molecule has 1 aliphatic carbocycles. The van der Waals surface area contributed by atoms with Crippen molar-refractivity contribution in [3.05, 3.63) is 35.1 Å². The maximum atomic E-state index is 12.7. The Hall–Kier alpha value is -0.930. The van der Waals surface area contributed by atoms with Crippen molar-refractivity contribution in [3.63, 3.8) is 0 Å². The van der Waals surface area contributed by atoms with E-state index in [-0.39, 0.29) is 11.9 Å². The van der Waals surface area contributed by atoms with Gasteiger partial charge in [-0.25, -0.2) is 4.39 Å². The van der Waals surface area contributed by atoms with Gasteiger partial charge in [0.25, 0.3) is 0 Å². The van der Waals surface area contributed by atoms with Crippen molar-refractivity contribution in [2.45, 2.75) is 18.9 Å². The van der Waals surface area contributed by atoms with E-state index < -0.39 is 0 Å². The number of hydrogen-bond donors (Lipinski definition) is 2. The van der Waals surface area contributed by atoms with Crippen molar-refractivity contribution >= 4 is 0 Å². The number of aryl methyl sites for hydroxylation is 1. The summed E-state index contributed by atoms with van der Waals surface area (Å²) in [5.41, 5.74) is 4.23. The van der Waals surface area contributed by atoms with Gasteiger partial charge in [-0.2, -0.15) is 5.48 Å². The van der Waals surface area contributed by atoms with Gasteiger partial charge in [-0.1, -0.05) is 6.07 Å². The lowest BCUT2D eigenvalue weighted by atomic mass is 10.1. The third kappa shape index (κ3) is 1.11. The molecule has 12 heavy (non-hydrogen) atoms. The highest BCUT2D eigenvalue weighted by molar-refractivity contribution is 5.34. The highest BCUT2D eigenvalue weighted by atomic mass is 19.1. The third-order valence-corrected chi connectivity index (χ3v) is 2.34. The zero-order chi connectivity index (χ0) is 8.55. The number of hydroxylamine groups is 1. The van der Waals surface area contributed by atoms with Crippen LogP contribution < -0.4 is 5.48 Å². The lowest BCUT2D eigenvalue weighted by Gasteiger charge is -2.07. The lowest BCUT2D eigenvalue weighted by molar-refractivity contribution is 0.126. The summed E-state index contributed by atoms with van der Waals surface area (Å²) in [4.78, 5) is 0. The molecule has 3 heteroatoms. The Morgan fingerprint density at radius 1 is 1.50 bits per heavy atom. The summed E-state index contributed by atoms with van der Waals surface area (Å²) < 4.78 is 12.7. The topological polar surface area (TPSA) is 32.3 Å². The van der Waals surface area contributed by atoms with Crippen molar-refractivity contribution in [2.75, 3.05) is 0 Å². The Bertz CT molecular complexity index is 301. The third-order valence-electron chi connectivity index (χ3n) is 2.34. The second kappa shape index (κ2) is 2.84. The number of fused-ring (bicyclic) bond motifs is 1. The second-order valence-corrected chi connectivity index (χ2v) is 3.06. The van der Waals surface area contributed by atoms with E-state index in [1.165, 1.54) is 12.1 Å². The van der Waals surface area contributed by atoms with Crippen LogP contribution in [0.25, 0.3) is 0 Å². The molecule has 1 aromatic carbocycles. The number of rotatable bonds is 1. The zero-order valence-corrected chi connectivity index (χ0v) is 6.55. The highest BCUT2D eigenvalue weighted by Gasteiger charge is 2.21. The predicted molar refractivity (Wildman–Crippen MR) is 42.4 cm³/mol. The molecule has 1 unspecified atom stereocenters. The van der Waals surface area contributed by atoms with Crippen LogP contribution in [0.15, 0.2) is 18.2 Å². The zero-order valence-electron chi connectivity index (χ0n) is 6.55. The SMILES string of the molecule is ONC1CCc2cc(F)ccc21. The Morgan fingerprint density at radius 3 is 3.08 bits per heavy atom. The van der Waals surface area contributed by atoms with E-state index in [4.69, 9.17) is 5.21 Å². The summed E-state index contributed by atoms with van der Waals surface area (Å²) in [5.74, 6) is -0.202. The Balaban J connectivity index is 2.40. The molecule has 2 nitrogen and oxygen atoms in total. The smallest absolute Gasteiger partial charge is 0.123 e. The Morgan fingerprint density at radius 2 is 2.33 bits per heavy atom. The molecule has 0 fully saturated rings. The van der Waals surface area contributed by atoms with Crippen LogP contribution in [0.5, 0.6) is 0 Å². The summed E-state index contributed by atoms with van der Waals surface area (Å²) in [5, 5.41) is 8.74. The summed E-state index contributed by atoms with van der Waals surface area (Å²) >= 11 is 0. The van der Waals surface area contributed by atoms with E-state index in [0.29, 0.717) is 0 Å². The van der Waals surface area contributed by atoms with Crippen LogP contribution in [0.3, 0.4) is 0 Å². The molecule has 0 saturated carbocycles. The van der Waals surface area contributed by atoms with Gasteiger partial charge in [-0.3, -0.25) is 0 Å². The fraction of sp³-hybridized carbons (Fsp3) is 0.333. The second-order valence-electron chi connectivity index (χ2n) is 3.06. The van der Waals surface area contributed by atoms with Crippen molar-refractivity contribution < 1.29 is 9.60 Å². The molecule has 0 aliphatic heterocycles. The fourth-order valence-corrected chi connectivity index (χ4v) is 1.72. The molecule has 0 amide bonds. The minimum Gasteiger partial charge on any atom is -0.316 e. The van der Waals surface area contributed by atoms with Crippen LogP contribution in [-0.2, 0) is 6.42 Å². The number of benzene rings is 1. The van der Waals surface area contributed by atoms with Gasteiger partial charge in [0.15, 0.2) is 0 Å². The fourth-order valence-electron chi connectivity index (χ4n) is 1.72. The van der Waals surface area contributed by atoms with Crippen molar-refractivity contribution in [3.8, 4) is 0 Å².